The van der Waals surface area contributed by atoms with Crippen LogP contribution < -0.4 is 10.0 Å². The second kappa shape index (κ2) is 6.30. The highest BCUT2D eigenvalue weighted by Crippen LogP contribution is 2.27. The maximum Gasteiger partial charge on any atom is 0.276 e. The van der Waals surface area contributed by atoms with Crippen LogP contribution in [0.5, 0.6) is 0 Å². The Bertz CT molecular complexity index is 617. The Morgan fingerprint density at radius 2 is 1.52 bits per heavy atom. The molecular weight excluding hydrogens is 359 g/mol. The first-order valence-electron chi connectivity index (χ1n) is 5.83. The number of alkyl halides is 3. The van der Waals surface area contributed by atoms with Gasteiger partial charge in [-0.1, -0.05) is 34.8 Å². The van der Waals surface area contributed by atoms with Gasteiger partial charge in [-0.2, -0.15) is 0 Å². The van der Waals surface area contributed by atoms with Crippen molar-refractivity contribution in [2.24, 2.45) is 0 Å². The van der Waals surface area contributed by atoms with Crippen LogP contribution in [0.25, 0.3) is 0 Å². The van der Waals surface area contributed by atoms with E-state index in [2.05, 4.69) is 10.0 Å². The van der Waals surface area contributed by atoms with Crippen molar-refractivity contribution in [2.45, 2.75) is 35.0 Å². The molecular formula is C12H15Cl3N2O3S. The summed E-state index contributed by atoms with van der Waals surface area (Å²) in [6, 6.07) is 5.52. The number of anilines is 1. The van der Waals surface area contributed by atoms with Crippen molar-refractivity contribution in [3.05, 3.63) is 24.3 Å². The number of hydrogen-bond donors (Lipinski definition) is 2. The first-order valence-corrected chi connectivity index (χ1v) is 8.45. The molecule has 1 aromatic carbocycles. The Kier molecular flexibility index (Phi) is 5.56. The lowest BCUT2D eigenvalue weighted by Crippen LogP contribution is -2.40. The largest absolute Gasteiger partial charge is 0.322 e. The fourth-order valence-corrected chi connectivity index (χ4v) is 2.94. The number of hydrogen-bond acceptors (Lipinski definition) is 3. The van der Waals surface area contributed by atoms with Crippen molar-refractivity contribution in [1.29, 1.82) is 0 Å². The number of amides is 1. The Balaban J connectivity index is 2.91. The highest BCUT2D eigenvalue weighted by molar-refractivity contribution is 7.89. The van der Waals surface area contributed by atoms with Gasteiger partial charge >= 0.3 is 0 Å². The molecule has 0 unspecified atom stereocenters. The molecule has 0 spiro atoms. The van der Waals surface area contributed by atoms with Gasteiger partial charge in [0.25, 0.3) is 9.70 Å². The van der Waals surface area contributed by atoms with Crippen molar-refractivity contribution in [3.63, 3.8) is 0 Å². The highest BCUT2D eigenvalue weighted by Gasteiger charge is 2.30. The molecule has 9 heteroatoms. The van der Waals surface area contributed by atoms with Gasteiger partial charge in [0.2, 0.25) is 10.0 Å². The number of carbonyl (C=O) groups is 1. The maximum atomic E-state index is 12.1. The number of halogens is 3. The van der Waals surface area contributed by atoms with E-state index in [0.717, 1.165) is 0 Å². The van der Waals surface area contributed by atoms with Gasteiger partial charge in [0, 0.05) is 11.2 Å². The third kappa shape index (κ3) is 6.00. The van der Waals surface area contributed by atoms with Crippen molar-refractivity contribution in [3.8, 4) is 0 Å². The summed E-state index contributed by atoms with van der Waals surface area (Å²) in [7, 11) is -3.63. The van der Waals surface area contributed by atoms with Crippen LogP contribution in [0.1, 0.15) is 20.8 Å². The minimum Gasteiger partial charge on any atom is -0.322 e. The molecule has 0 saturated heterocycles. The van der Waals surface area contributed by atoms with E-state index < -0.39 is 25.3 Å². The number of carbonyl (C=O) groups excluding carboxylic acids is 1. The Morgan fingerprint density at radius 3 is 1.90 bits per heavy atom. The van der Waals surface area contributed by atoms with Gasteiger partial charge < -0.3 is 5.32 Å². The molecule has 0 aliphatic carbocycles. The molecule has 0 aliphatic rings. The summed E-state index contributed by atoms with van der Waals surface area (Å²) in [4.78, 5) is 11.5. The van der Waals surface area contributed by atoms with Crippen LogP contribution in [0.4, 0.5) is 5.69 Å². The molecule has 1 rings (SSSR count). The molecule has 0 aromatic heterocycles. The van der Waals surface area contributed by atoms with E-state index >= 15 is 0 Å². The molecule has 5 nitrogen and oxygen atoms in total. The topological polar surface area (TPSA) is 75.3 Å². The van der Waals surface area contributed by atoms with E-state index in [1.165, 1.54) is 24.3 Å². The quantitative estimate of drug-likeness (QED) is 0.800. The molecule has 118 valence electrons. The average Bonchev–Trinajstić information content (AvgIpc) is 2.25. The SMILES string of the molecule is CC(C)(C)NS(=O)(=O)c1ccc(NC(=O)C(Cl)(Cl)Cl)cc1. The van der Waals surface area contributed by atoms with E-state index in [9.17, 15) is 13.2 Å². The van der Waals surface area contributed by atoms with E-state index in [0.29, 0.717) is 5.69 Å². The van der Waals surface area contributed by atoms with Gasteiger partial charge in [0.05, 0.1) is 4.90 Å². The van der Waals surface area contributed by atoms with Gasteiger partial charge in [-0.05, 0) is 45.0 Å². The first kappa shape index (κ1) is 18.5. The molecule has 0 heterocycles. The van der Waals surface area contributed by atoms with Crippen LogP contribution in [-0.2, 0) is 14.8 Å². The van der Waals surface area contributed by atoms with Crippen molar-refractivity contribution in [2.75, 3.05) is 5.32 Å². The average molecular weight is 374 g/mol. The monoisotopic (exact) mass is 372 g/mol. The fraction of sp³-hybridized carbons (Fsp3) is 0.417. The number of benzene rings is 1. The van der Waals surface area contributed by atoms with Crippen molar-refractivity contribution in [1.82, 2.24) is 4.72 Å². The van der Waals surface area contributed by atoms with Crippen LogP contribution in [0.15, 0.2) is 29.2 Å². The maximum absolute atomic E-state index is 12.1. The summed E-state index contributed by atoms with van der Waals surface area (Å²) in [5.41, 5.74) is -0.276. The van der Waals surface area contributed by atoms with Gasteiger partial charge in [0.15, 0.2) is 0 Å². The lowest BCUT2D eigenvalue weighted by Gasteiger charge is -2.20. The van der Waals surface area contributed by atoms with E-state index in [1.807, 2.05) is 0 Å². The zero-order valence-electron chi connectivity index (χ0n) is 11.6. The van der Waals surface area contributed by atoms with Crippen LogP contribution >= 0.6 is 34.8 Å². The lowest BCUT2D eigenvalue weighted by atomic mass is 10.1. The molecule has 0 aliphatic heterocycles. The fourth-order valence-electron chi connectivity index (χ4n) is 1.38. The van der Waals surface area contributed by atoms with Crippen LogP contribution in [-0.4, -0.2) is 23.7 Å². The Morgan fingerprint density at radius 1 is 1.05 bits per heavy atom. The minimum atomic E-state index is -3.63. The lowest BCUT2D eigenvalue weighted by molar-refractivity contribution is -0.115. The van der Waals surface area contributed by atoms with Gasteiger partial charge in [-0.25, -0.2) is 13.1 Å². The summed E-state index contributed by atoms with van der Waals surface area (Å²) < 4.78 is 24.6. The van der Waals surface area contributed by atoms with Gasteiger partial charge in [-0.15, -0.1) is 0 Å². The predicted octanol–water partition coefficient (Wildman–Crippen LogP) is 3.07. The molecule has 0 bridgehead atoms. The molecule has 0 saturated carbocycles. The molecule has 0 fully saturated rings. The summed E-state index contributed by atoms with van der Waals surface area (Å²) in [6.07, 6.45) is 0. The smallest absolute Gasteiger partial charge is 0.276 e. The molecule has 1 amide bonds. The summed E-state index contributed by atoms with van der Waals surface area (Å²) in [5.74, 6) is -0.823. The second-order valence-corrected chi connectivity index (χ2v) is 9.30. The third-order valence-corrected chi connectivity index (χ3v) is 4.41. The predicted molar refractivity (Wildman–Crippen MR) is 85.4 cm³/mol. The summed E-state index contributed by atoms with van der Waals surface area (Å²) >= 11 is 16.3. The molecule has 1 aromatic rings. The molecule has 0 atom stereocenters. The zero-order chi connectivity index (χ0) is 16.5. The summed E-state index contributed by atoms with van der Waals surface area (Å²) in [5, 5.41) is 2.36. The summed E-state index contributed by atoms with van der Waals surface area (Å²) in [6.45, 7) is 5.21. The third-order valence-electron chi connectivity index (χ3n) is 2.12. The normalized spacial score (nSPS) is 13.0. The van der Waals surface area contributed by atoms with Crippen molar-refractivity contribution < 1.29 is 13.2 Å². The van der Waals surface area contributed by atoms with Crippen LogP contribution in [0.2, 0.25) is 0 Å². The second-order valence-electron chi connectivity index (χ2n) is 5.33. The van der Waals surface area contributed by atoms with Crippen LogP contribution in [0, 0.1) is 0 Å². The molecule has 2 N–H and O–H groups in total. The van der Waals surface area contributed by atoms with Gasteiger partial charge in [-0.3, -0.25) is 4.79 Å². The highest BCUT2D eigenvalue weighted by atomic mass is 35.6. The Labute approximate surface area is 139 Å². The number of nitrogens with one attached hydrogen (secondary N) is 2. The van der Waals surface area contributed by atoms with E-state index in [1.54, 1.807) is 20.8 Å². The molecule has 21 heavy (non-hydrogen) atoms. The van der Waals surface area contributed by atoms with Gasteiger partial charge in [0.1, 0.15) is 0 Å². The van der Waals surface area contributed by atoms with Crippen molar-refractivity contribution >= 4 is 56.4 Å². The Hall–Kier alpha value is -0.530. The van der Waals surface area contributed by atoms with E-state index in [-0.39, 0.29) is 4.90 Å². The first-order chi connectivity index (χ1) is 9.31. The standard InChI is InChI=1S/C12H15Cl3N2O3S/c1-11(2,3)17-21(19,20)9-6-4-8(5-7-9)16-10(18)12(13,14)15/h4-7,17H,1-3H3,(H,16,18). The van der Waals surface area contributed by atoms with E-state index in [4.69, 9.17) is 34.8 Å². The molecule has 0 radical (unpaired) electrons. The van der Waals surface area contributed by atoms with Crippen LogP contribution in [0.3, 0.4) is 0 Å². The zero-order valence-corrected chi connectivity index (χ0v) is 14.7. The minimum absolute atomic E-state index is 0.0734. The number of sulfonamides is 1. The number of rotatable bonds is 3.